The molecule has 5 nitrogen and oxygen atoms in total. The predicted octanol–water partition coefficient (Wildman–Crippen LogP) is 4.18. The van der Waals surface area contributed by atoms with Gasteiger partial charge in [-0.1, -0.05) is 40.2 Å². The lowest BCUT2D eigenvalue weighted by Crippen LogP contribution is -2.18. The second-order valence-corrected chi connectivity index (χ2v) is 7.16. The number of amidine groups is 1. The minimum Gasteiger partial charge on any atom is -0.493 e. The number of methoxy groups -OCH3 is 1. The van der Waals surface area contributed by atoms with Gasteiger partial charge in [0.15, 0.2) is 16.7 Å². The molecule has 2 N–H and O–H groups in total. The largest absolute Gasteiger partial charge is 0.493 e. The highest BCUT2D eigenvalue weighted by Crippen LogP contribution is 2.35. The van der Waals surface area contributed by atoms with E-state index in [4.69, 9.17) is 14.9 Å². The van der Waals surface area contributed by atoms with Gasteiger partial charge < -0.3 is 14.8 Å². The van der Waals surface area contributed by atoms with E-state index in [0.717, 1.165) is 27.4 Å². The van der Waals surface area contributed by atoms with Gasteiger partial charge in [-0.3, -0.25) is 10.2 Å². The van der Waals surface area contributed by atoms with E-state index in [2.05, 4.69) is 21.2 Å². The second kappa shape index (κ2) is 7.76. The molecule has 0 atom stereocenters. The number of nitrogens with one attached hydrogen (secondary N) is 2. The highest BCUT2D eigenvalue weighted by atomic mass is 79.9. The van der Waals surface area contributed by atoms with Crippen LogP contribution in [0.1, 0.15) is 11.1 Å². The summed E-state index contributed by atoms with van der Waals surface area (Å²) in [6, 6.07) is 13.3. The van der Waals surface area contributed by atoms with Crippen LogP contribution in [0.15, 0.2) is 51.8 Å². The van der Waals surface area contributed by atoms with Gasteiger partial charge in [-0.15, -0.1) is 0 Å². The van der Waals surface area contributed by atoms with Gasteiger partial charge in [-0.2, -0.15) is 0 Å². The molecule has 3 rings (SSSR count). The van der Waals surface area contributed by atoms with Crippen molar-refractivity contribution in [3.63, 3.8) is 0 Å². The third-order valence-corrected chi connectivity index (χ3v) is 4.83. The van der Waals surface area contributed by atoms with Crippen LogP contribution < -0.4 is 14.8 Å². The zero-order valence-corrected chi connectivity index (χ0v) is 15.7. The second-order valence-electron chi connectivity index (χ2n) is 5.19. The summed E-state index contributed by atoms with van der Waals surface area (Å²) in [5.74, 6) is 0.869. The topological polar surface area (TPSA) is 71.4 Å². The van der Waals surface area contributed by atoms with Crippen molar-refractivity contribution in [1.29, 1.82) is 5.41 Å². The molecular weight excluding hydrogens is 404 g/mol. The summed E-state index contributed by atoms with van der Waals surface area (Å²) in [4.78, 5) is 12.3. The normalized spacial score (nSPS) is 15.4. The standard InChI is InChI=1S/C18H15BrN2O3S/c1-23-14-4-2-3-12(9-15-17(22)21-18(20)25-15)16(14)24-10-11-5-7-13(19)8-6-11/h2-9H,10H2,1H3,(H2,20,21,22). The van der Waals surface area contributed by atoms with Crippen LogP contribution >= 0.6 is 27.7 Å². The fraction of sp³-hybridized carbons (Fsp3) is 0.111. The van der Waals surface area contributed by atoms with Gasteiger partial charge in [0.2, 0.25) is 0 Å². The third kappa shape index (κ3) is 4.24. The fourth-order valence-corrected chi connectivity index (χ4v) is 3.24. The van der Waals surface area contributed by atoms with Crippen LogP contribution in [0.25, 0.3) is 6.08 Å². The first kappa shape index (κ1) is 17.6. The maximum atomic E-state index is 11.8. The van der Waals surface area contributed by atoms with E-state index >= 15 is 0 Å². The number of hydrogen-bond donors (Lipinski definition) is 2. The molecule has 0 bridgehead atoms. The number of ether oxygens (including phenoxy) is 2. The molecule has 1 amide bonds. The maximum absolute atomic E-state index is 11.8. The fourth-order valence-electron chi connectivity index (χ4n) is 2.28. The minimum atomic E-state index is -0.281. The Hall–Kier alpha value is -2.25. The molecule has 2 aromatic rings. The number of amides is 1. The average molecular weight is 419 g/mol. The van der Waals surface area contributed by atoms with E-state index in [1.807, 2.05) is 42.5 Å². The van der Waals surface area contributed by atoms with Crippen LogP contribution in [0.3, 0.4) is 0 Å². The Bertz CT molecular complexity index is 850. The molecule has 1 saturated heterocycles. The van der Waals surface area contributed by atoms with Crippen molar-refractivity contribution in [2.24, 2.45) is 0 Å². The smallest absolute Gasteiger partial charge is 0.264 e. The van der Waals surface area contributed by atoms with E-state index < -0.39 is 0 Å². The van der Waals surface area contributed by atoms with Gasteiger partial charge >= 0.3 is 0 Å². The molecule has 128 valence electrons. The molecule has 0 unspecified atom stereocenters. The highest BCUT2D eigenvalue weighted by molar-refractivity contribution is 9.10. The van der Waals surface area contributed by atoms with E-state index in [-0.39, 0.29) is 11.1 Å². The lowest BCUT2D eigenvalue weighted by Gasteiger charge is -2.14. The summed E-state index contributed by atoms with van der Waals surface area (Å²) in [7, 11) is 1.57. The summed E-state index contributed by atoms with van der Waals surface area (Å²) >= 11 is 4.50. The van der Waals surface area contributed by atoms with Crippen molar-refractivity contribution in [2.75, 3.05) is 7.11 Å². The van der Waals surface area contributed by atoms with Crippen LogP contribution in [-0.4, -0.2) is 18.2 Å². The number of rotatable bonds is 5. The number of carbonyl (C=O) groups excluding carboxylic acids is 1. The zero-order valence-electron chi connectivity index (χ0n) is 13.3. The Kier molecular flexibility index (Phi) is 5.45. The van der Waals surface area contributed by atoms with Crippen LogP contribution in [0, 0.1) is 5.41 Å². The minimum absolute atomic E-state index is 0.122. The molecule has 0 radical (unpaired) electrons. The van der Waals surface area contributed by atoms with Gasteiger partial charge in [-0.05, 0) is 41.6 Å². The number of halogens is 1. The van der Waals surface area contributed by atoms with Crippen molar-refractivity contribution >= 4 is 44.8 Å². The van der Waals surface area contributed by atoms with Gasteiger partial charge in [0.05, 0.1) is 12.0 Å². The predicted molar refractivity (Wildman–Crippen MR) is 103 cm³/mol. The molecule has 0 aromatic heterocycles. The Morgan fingerprint density at radius 1 is 1.24 bits per heavy atom. The summed E-state index contributed by atoms with van der Waals surface area (Å²) in [5, 5.41) is 10.1. The maximum Gasteiger partial charge on any atom is 0.264 e. The third-order valence-electron chi connectivity index (χ3n) is 3.48. The number of thioether (sulfide) groups is 1. The van der Waals surface area contributed by atoms with E-state index in [9.17, 15) is 4.79 Å². The highest BCUT2D eigenvalue weighted by Gasteiger charge is 2.23. The van der Waals surface area contributed by atoms with Crippen molar-refractivity contribution in [2.45, 2.75) is 6.61 Å². The first-order chi connectivity index (χ1) is 12.1. The molecule has 2 aromatic carbocycles. The lowest BCUT2D eigenvalue weighted by molar-refractivity contribution is -0.115. The van der Waals surface area contributed by atoms with Crippen molar-refractivity contribution in [3.8, 4) is 11.5 Å². The molecular formula is C18H15BrN2O3S. The Labute approximate surface area is 158 Å². The van der Waals surface area contributed by atoms with Crippen molar-refractivity contribution < 1.29 is 14.3 Å². The number of hydrogen-bond acceptors (Lipinski definition) is 5. The van der Waals surface area contributed by atoms with Crippen LogP contribution in [0.2, 0.25) is 0 Å². The summed E-state index contributed by atoms with van der Waals surface area (Å²) in [6.45, 7) is 0.374. The summed E-state index contributed by atoms with van der Waals surface area (Å²) < 4.78 is 12.4. The summed E-state index contributed by atoms with van der Waals surface area (Å²) in [6.07, 6.45) is 1.71. The summed E-state index contributed by atoms with van der Waals surface area (Å²) in [5.41, 5.74) is 1.74. The van der Waals surface area contributed by atoms with Crippen molar-refractivity contribution in [1.82, 2.24) is 5.32 Å². The number of benzene rings is 2. The lowest BCUT2D eigenvalue weighted by atomic mass is 10.1. The average Bonchev–Trinajstić information content (AvgIpc) is 2.92. The number of para-hydroxylation sites is 1. The SMILES string of the molecule is COc1cccc(C=C2SC(=N)NC2=O)c1OCc1ccc(Br)cc1. The van der Waals surface area contributed by atoms with E-state index in [1.165, 1.54) is 0 Å². The van der Waals surface area contributed by atoms with Crippen molar-refractivity contribution in [3.05, 3.63) is 63.0 Å². The molecule has 7 heteroatoms. The molecule has 1 heterocycles. The van der Waals surface area contributed by atoms with Gasteiger partial charge in [0.1, 0.15) is 6.61 Å². The van der Waals surface area contributed by atoms with Gasteiger partial charge in [0, 0.05) is 10.0 Å². The Morgan fingerprint density at radius 2 is 2.00 bits per heavy atom. The zero-order chi connectivity index (χ0) is 17.8. The number of carbonyl (C=O) groups is 1. The quantitative estimate of drug-likeness (QED) is 0.714. The van der Waals surface area contributed by atoms with Gasteiger partial charge in [-0.25, -0.2) is 0 Å². The van der Waals surface area contributed by atoms with E-state index in [1.54, 1.807) is 13.2 Å². The molecule has 0 spiro atoms. The molecule has 1 aliphatic rings. The monoisotopic (exact) mass is 418 g/mol. The molecule has 1 aliphatic heterocycles. The first-order valence-electron chi connectivity index (χ1n) is 7.40. The molecule has 0 saturated carbocycles. The van der Waals surface area contributed by atoms with Crippen LogP contribution in [-0.2, 0) is 11.4 Å². The van der Waals surface area contributed by atoms with Crippen LogP contribution in [0.4, 0.5) is 0 Å². The molecule has 25 heavy (non-hydrogen) atoms. The van der Waals surface area contributed by atoms with E-state index in [0.29, 0.717) is 23.0 Å². The first-order valence-corrected chi connectivity index (χ1v) is 9.01. The van der Waals surface area contributed by atoms with Gasteiger partial charge in [0.25, 0.3) is 5.91 Å². The molecule has 1 fully saturated rings. The van der Waals surface area contributed by atoms with Crippen LogP contribution in [0.5, 0.6) is 11.5 Å². The Balaban J connectivity index is 1.89. The molecule has 0 aliphatic carbocycles. The Morgan fingerprint density at radius 3 is 2.64 bits per heavy atom.